The maximum absolute atomic E-state index is 12.6. The van der Waals surface area contributed by atoms with Gasteiger partial charge in [-0.1, -0.05) is 30.3 Å². The molecule has 0 radical (unpaired) electrons. The number of unbranched alkanes of at least 4 members (excludes halogenated alkanes) is 1. The molecule has 4 aliphatic heterocycles. The molecule has 4 N–H and O–H groups in total. The van der Waals surface area contributed by atoms with Crippen LogP contribution in [0.15, 0.2) is 30.3 Å². The van der Waals surface area contributed by atoms with Gasteiger partial charge in [0.2, 0.25) is 0 Å². The van der Waals surface area contributed by atoms with Gasteiger partial charge in [0.05, 0.1) is 0 Å². The Morgan fingerprint density at radius 2 is 1.71 bits per heavy atom. The van der Waals surface area contributed by atoms with Gasteiger partial charge in [-0.05, 0) is 24.9 Å². The number of rotatable bonds is 6. The number of fused-ring (bicyclic) bond motifs is 1. The molecular formula is C20H33Cl2N5O. The highest BCUT2D eigenvalue weighted by atomic mass is 35.5. The summed E-state index contributed by atoms with van der Waals surface area (Å²) in [6.07, 6.45) is 1.88. The van der Waals surface area contributed by atoms with Gasteiger partial charge in [-0.25, -0.2) is 4.79 Å². The topological polar surface area (TPSA) is 73.6 Å². The van der Waals surface area contributed by atoms with E-state index in [-0.39, 0.29) is 42.3 Å². The quantitative estimate of drug-likeness (QED) is 0.598. The summed E-state index contributed by atoms with van der Waals surface area (Å²) in [4.78, 5) is 17.8. The van der Waals surface area contributed by atoms with Gasteiger partial charge in [0.15, 0.2) is 0 Å². The summed E-state index contributed by atoms with van der Waals surface area (Å²) in [5, 5.41) is 6.40. The van der Waals surface area contributed by atoms with Crippen molar-refractivity contribution in [3.05, 3.63) is 35.9 Å². The average molecular weight is 430 g/mol. The standard InChI is InChI=1S/C20H31N5O.2ClH/c21-8-4-5-9-22-19(26)23-18-16-12-24-10-11-25(13-16)15-20(18,14-24)17-6-2-1-3-7-17;;/h1-3,6-7,16,18H,4-5,8-15,21H2,(H2,22,23,26);2*1H. The van der Waals surface area contributed by atoms with Crippen LogP contribution in [0.2, 0.25) is 0 Å². The summed E-state index contributed by atoms with van der Waals surface area (Å²) in [6, 6.07) is 11.0. The van der Waals surface area contributed by atoms with Crippen molar-refractivity contribution in [2.24, 2.45) is 11.7 Å². The summed E-state index contributed by atoms with van der Waals surface area (Å²) in [6.45, 7) is 7.89. The molecule has 0 spiro atoms. The Labute approximate surface area is 180 Å². The zero-order chi connectivity index (χ0) is 18.0. The van der Waals surface area contributed by atoms with E-state index in [0.29, 0.717) is 19.0 Å². The highest BCUT2D eigenvalue weighted by Crippen LogP contribution is 2.43. The Morgan fingerprint density at radius 1 is 1.07 bits per heavy atom. The largest absolute Gasteiger partial charge is 0.338 e. The van der Waals surface area contributed by atoms with Crippen LogP contribution in [0.5, 0.6) is 0 Å². The summed E-state index contributed by atoms with van der Waals surface area (Å²) < 4.78 is 0. The van der Waals surface area contributed by atoms with Crippen LogP contribution in [-0.4, -0.2) is 74.2 Å². The summed E-state index contributed by atoms with van der Waals surface area (Å²) in [5.41, 5.74) is 6.87. The lowest BCUT2D eigenvalue weighted by Crippen LogP contribution is -2.71. The lowest BCUT2D eigenvalue weighted by Gasteiger charge is -2.55. The number of halogens is 2. The second-order valence-corrected chi connectivity index (χ2v) is 8.13. The molecule has 4 bridgehead atoms. The summed E-state index contributed by atoms with van der Waals surface area (Å²) in [7, 11) is 0. The van der Waals surface area contributed by atoms with Crippen LogP contribution in [0.1, 0.15) is 18.4 Å². The first-order chi connectivity index (χ1) is 12.7. The molecular weight excluding hydrogens is 397 g/mol. The number of nitrogens with zero attached hydrogens (tertiary/aromatic N) is 2. The fraction of sp³-hybridized carbons (Fsp3) is 0.650. The van der Waals surface area contributed by atoms with Crippen molar-refractivity contribution in [3.63, 3.8) is 0 Å². The van der Waals surface area contributed by atoms with Crippen LogP contribution in [0, 0.1) is 5.92 Å². The van der Waals surface area contributed by atoms with Crippen LogP contribution in [0.25, 0.3) is 0 Å². The van der Waals surface area contributed by atoms with Gasteiger partial charge in [0, 0.05) is 63.2 Å². The van der Waals surface area contributed by atoms with Crippen molar-refractivity contribution in [2.45, 2.75) is 24.3 Å². The van der Waals surface area contributed by atoms with Crippen LogP contribution >= 0.6 is 24.8 Å². The SMILES string of the molecule is Cl.Cl.NCCCCNC(=O)NC1C2CN3CCN(C2)CC1(c1ccccc1)C3. The number of urea groups is 1. The predicted molar refractivity (Wildman–Crippen MR) is 118 cm³/mol. The first-order valence-corrected chi connectivity index (χ1v) is 9.96. The van der Waals surface area contributed by atoms with Gasteiger partial charge in [-0.15, -0.1) is 24.8 Å². The number of carbonyl (C=O) groups is 1. The molecule has 4 saturated heterocycles. The third-order valence-corrected chi connectivity index (χ3v) is 6.35. The summed E-state index contributed by atoms with van der Waals surface area (Å²) in [5.74, 6) is 0.481. The first kappa shape index (κ1) is 23.2. The second-order valence-electron chi connectivity index (χ2n) is 8.13. The molecule has 3 unspecified atom stereocenters. The molecule has 0 aliphatic carbocycles. The van der Waals surface area contributed by atoms with Crippen molar-refractivity contribution in [1.82, 2.24) is 20.4 Å². The number of hydrogen-bond acceptors (Lipinski definition) is 4. The van der Waals surface area contributed by atoms with Gasteiger partial charge in [0.1, 0.15) is 0 Å². The van der Waals surface area contributed by atoms with Gasteiger partial charge in [0.25, 0.3) is 0 Å². The molecule has 0 aromatic heterocycles. The molecule has 1 aromatic carbocycles. The maximum Gasteiger partial charge on any atom is 0.315 e. The number of hydrogen-bond donors (Lipinski definition) is 3. The second kappa shape index (κ2) is 10.1. The molecule has 6 nitrogen and oxygen atoms in total. The van der Waals surface area contributed by atoms with Crippen molar-refractivity contribution in [1.29, 1.82) is 0 Å². The Kier molecular flexibility index (Phi) is 8.40. The van der Waals surface area contributed by atoms with E-state index in [1.807, 2.05) is 0 Å². The molecule has 3 atom stereocenters. The van der Waals surface area contributed by atoms with E-state index in [1.54, 1.807) is 0 Å². The van der Waals surface area contributed by atoms with E-state index in [2.05, 4.69) is 50.8 Å². The van der Waals surface area contributed by atoms with Crippen molar-refractivity contribution in [3.8, 4) is 0 Å². The van der Waals surface area contributed by atoms with Gasteiger partial charge >= 0.3 is 6.03 Å². The Balaban J connectivity index is 0.00000140. The van der Waals surface area contributed by atoms with E-state index in [1.165, 1.54) is 5.56 Å². The number of piperidine rings is 2. The molecule has 4 fully saturated rings. The smallest absolute Gasteiger partial charge is 0.315 e. The number of benzene rings is 1. The van der Waals surface area contributed by atoms with E-state index < -0.39 is 0 Å². The third kappa shape index (κ3) is 4.57. The van der Waals surface area contributed by atoms with Crippen LogP contribution in [0.4, 0.5) is 4.79 Å². The third-order valence-electron chi connectivity index (χ3n) is 6.35. The van der Waals surface area contributed by atoms with E-state index in [9.17, 15) is 4.79 Å². The lowest BCUT2D eigenvalue weighted by atomic mass is 9.64. The monoisotopic (exact) mass is 429 g/mol. The van der Waals surface area contributed by atoms with E-state index in [0.717, 1.165) is 52.1 Å². The first-order valence-electron chi connectivity index (χ1n) is 9.96. The molecule has 0 saturated carbocycles. The molecule has 4 heterocycles. The number of nitrogens with two attached hydrogens (primary N) is 1. The zero-order valence-corrected chi connectivity index (χ0v) is 17.9. The minimum atomic E-state index is -0.0292. The fourth-order valence-corrected chi connectivity index (χ4v) is 5.23. The Bertz CT molecular complexity index is 616. The summed E-state index contributed by atoms with van der Waals surface area (Å²) >= 11 is 0. The highest BCUT2D eigenvalue weighted by molar-refractivity contribution is 5.85. The van der Waals surface area contributed by atoms with E-state index >= 15 is 0 Å². The van der Waals surface area contributed by atoms with Crippen molar-refractivity contribution < 1.29 is 4.79 Å². The minimum absolute atomic E-state index is 0. The van der Waals surface area contributed by atoms with Gasteiger partial charge < -0.3 is 26.2 Å². The number of amides is 2. The number of nitrogens with one attached hydrogen (secondary N) is 2. The average Bonchev–Trinajstić information content (AvgIpc) is 2.91. The van der Waals surface area contributed by atoms with Crippen molar-refractivity contribution in [2.75, 3.05) is 52.4 Å². The lowest BCUT2D eigenvalue weighted by molar-refractivity contribution is 0.0230. The van der Waals surface area contributed by atoms with E-state index in [4.69, 9.17) is 5.73 Å². The molecule has 2 amide bonds. The highest BCUT2D eigenvalue weighted by Gasteiger charge is 2.55. The molecule has 28 heavy (non-hydrogen) atoms. The van der Waals surface area contributed by atoms with Crippen LogP contribution in [-0.2, 0) is 5.41 Å². The van der Waals surface area contributed by atoms with Gasteiger partial charge in [-0.2, -0.15) is 0 Å². The maximum atomic E-state index is 12.6. The fourth-order valence-electron chi connectivity index (χ4n) is 5.23. The molecule has 8 heteroatoms. The normalized spacial score (nSPS) is 32.6. The molecule has 158 valence electrons. The minimum Gasteiger partial charge on any atom is -0.338 e. The Morgan fingerprint density at radius 3 is 2.32 bits per heavy atom. The Hall–Kier alpha value is -1.05. The predicted octanol–water partition coefficient (Wildman–Crippen LogP) is 1.44. The van der Waals surface area contributed by atoms with Crippen LogP contribution in [0.3, 0.4) is 0 Å². The number of carbonyl (C=O) groups excluding carboxylic acids is 1. The molecule has 4 aliphatic rings. The molecule has 1 aromatic rings. The van der Waals surface area contributed by atoms with Crippen molar-refractivity contribution >= 4 is 30.8 Å². The molecule has 5 rings (SSSR count). The van der Waals surface area contributed by atoms with Gasteiger partial charge in [-0.3, -0.25) is 0 Å². The van der Waals surface area contributed by atoms with Crippen LogP contribution < -0.4 is 16.4 Å². The zero-order valence-electron chi connectivity index (χ0n) is 16.3.